The first-order valence-electron chi connectivity index (χ1n) is 8.47. The average molecular weight is 357 g/mol. The zero-order chi connectivity index (χ0) is 18.4. The van der Waals surface area contributed by atoms with Gasteiger partial charge in [0, 0.05) is 38.1 Å². The van der Waals surface area contributed by atoms with Crippen LogP contribution in [0, 0.1) is 0 Å². The van der Waals surface area contributed by atoms with Crippen molar-refractivity contribution in [1.82, 2.24) is 20.6 Å². The van der Waals surface area contributed by atoms with Crippen LogP contribution in [0.2, 0.25) is 0 Å². The predicted molar refractivity (Wildman–Crippen MR) is 97.6 cm³/mol. The number of nitrogens with one attached hydrogen (secondary N) is 2. The second-order valence-corrected chi connectivity index (χ2v) is 6.00. The molecule has 0 radical (unpaired) electrons. The summed E-state index contributed by atoms with van der Waals surface area (Å²) in [6.45, 7) is 1.92. The van der Waals surface area contributed by atoms with Crippen molar-refractivity contribution >= 4 is 11.8 Å². The summed E-state index contributed by atoms with van der Waals surface area (Å²) in [6.07, 6.45) is 4.08. The van der Waals surface area contributed by atoms with E-state index >= 15 is 0 Å². The molecule has 0 bridgehead atoms. The molecule has 0 spiro atoms. The summed E-state index contributed by atoms with van der Waals surface area (Å²) in [5, 5.41) is 5.88. The Morgan fingerprint density at radius 1 is 1.19 bits per heavy atom. The van der Waals surface area contributed by atoms with Crippen LogP contribution < -0.4 is 25.0 Å². The SMILES string of the molecule is COc1ccc(CNC(=O)N[C@@H]2CCN(c3nccnc3OC)C2)cc1. The molecule has 0 aliphatic carbocycles. The first-order valence-corrected chi connectivity index (χ1v) is 8.47. The van der Waals surface area contributed by atoms with E-state index < -0.39 is 0 Å². The van der Waals surface area contributed by atoms with E-state index in [0.717, 1.165) is 24.3 Å². The Morgan fingerprint density at radius 3 is 2.69 bits per heavy atom. The fraction of sp³-hybridized carbons (Fsp3) is 0.389. The molecule has 3 rings (SSSR count). The number of rotatable bonds is 6. The van der Waals surface area contributed by atoms with Crippen molar-refractivity contribution in [2.75, 3.05) is 32.2 Å². The number of anilines is 1. The Hall–Kier alpha value is -3.03. The summed E-state index contributed by atoms with van der Waals surface area (Å²) < 4.78 is 10.4. The van der Waals surface area contributed by atoms with Crippen molar-refractivity contribution in [3.63, 3.8) is 0 Å². The Bertz CT molecular complexity index is 738. The minimum absolute atomic E-state index is 0.0533. The van der Waals surface area contributed by atoms with E-state index in [9.17, 15) is 4.79 Å². The third-order valence-electron chi connectivity index (χ3n) is 4.28. The van der Waals surface area contributed by atoms with E-state index in [4.69, 9.17) is 9.47 Å². The van der Waals surface area contributed by atoms with Crippen LogP contribution in [0.5, 0.6) is 11.6 Å². The third kappa shape index (κ3) is 4.33. The van der Waals surface area contributed by atoms with E-state index in [1.165, 1.54) is 0 Å². The van der Waals surface area contributed by atoms with Gasteiger partial charge in [0.15, 0.2) is 5.82 Å². The maximum Gasteiger partial charge on any atom is 0.315 e. The number of methoxy groups -OCH3 is 2. The zero-order valence-electron chi connectivity index (χ0n) is 14.9. The summed E-state index contributed by atoms with van der Waals surface area (Å²) in [7, 11) is 3.20. The molecule has 8 heteroatoms. The second-order valence-electron chi connectivity index (χ2n) is 6.00. The third-order valence-corrected chi connectivity index (χ3v) is 4.28. The van der Waals surface area contributed by atoms with Gasteiger partial charge in [-0.3, -0.25) is 0 Å². The van der Waals surface area contributed by atoms with Gasteiger partial charge in [-0.1, -0.05) is 12.1 Å². The van der Waals surface area contributed by atoms with Gasteiger partial charge >= 0.3 is 6.03 Å². The number of benzene rings is 1. The Balaban J connectivity index is 1.48. The monoisotopic (exact) mass is 357 g/mol. The number of nitrogens with zero attached hydrogens (tertiary/aromatic N) is 3. The van der Waals surface area contributed by atoms with Gasteiger partial charge in [0.05, 0.1) is 14.2 Å². The van der Waals surface area contributed by atoms with Gasteiger partial charge in [-0.2, -0.15) is 0 Å². The van der Waals surface area contributed by atoms with Crippen LogP contribution >= 0.6 is 0 Å². The minimum Gasteiger partial charge on any atom is -0.497 e. The fourth-order valence-electron chi connectivity index (χ4n) is 2.91. The molecule has 2 heterocycles. The maximum atomic E-state index is 12.1. The number of hydrogen-bond acceptors (Lipinski definition) is 6. The largest absolute Gasteiger partial charge is 0.497 e. The van der Waals surface area contributed by atoms with Crippen molar-refractivity contribution in [3.8, 4) is 11.6 Å². The van der Waals surface area contributed by atoms with Crippen molar-refractivity contribution in [1.29, 1.82) is 0 Å². The molecule has 0 unspecified atom stereocenters. The lowest BCUT2D eigenvalue weighted by Crippen LogP contribution is -2.43. The van der Waals surface area contributed by atoms with Crippen molar-refractivity contribution in [2.45, 2.75) is 19.0 Å². The number of carbonyl (C=O) groups is 1. The van der Waals surface area contributed by atoms with Crippen LogP contribution in [0.25, 0.3) is 0 Å². The normalized spacial score (nSPS) is 16.2. The fourth-order valence-corrected chi connectivity index (χ4v) is 2.91. The van der Waals surface area contributed by atoms with E-state index in [-0.39, 0.29) is 12.1 Å². The van der Waals surface area contributed by atoms with Crippen molar-refractivity contribution < 1.29 is 14.3 Å². The first kappa shape index (κ1) is 17.8. The molecular formula is C18H23N5O3. The summed E-state index contributed by atoms with van der Waals surface area (Å²) in [5.74, 6) is 2.00. The molecule has 2 amide bonds. The minimum atomic E-state index is -0.182. The number of ether oxygens (including phenoxy) is 2. The molecule has 1 aliphatic rings. The van der Waals surface area contributed by atoms with Gasteiger partial charge in [0.25, 0.3) is 5.88 Å². The van der Waals surface area contributed by atoms with Gasteiger partial charge in [-0.05, 0) is 24.1 Å². The van der Waals surface area contributed by atoms with E-state index in [0.29, 0.717) is 24.8 Å². The van der Waals surface area contributed by atoms with Gasteiger partial charge in [-0.25, -0.2) is 14.8 Å². The summed E-state index contributed by atoms with van der Waals surface area (Å²) in [5.41, 5.74) is 1.01. The van der Waals surface area contributed by atoms with Crippen LogP contribution in [0.1, 0.15) is 12.0 Å². The maximum absolute atomic E-state index is 12.1. The van der Waals surface area contributed by atoms with Crippen LogP contribution in [-0.4, -0.2) is 49.4 Å². The molecule has 1 atom stereocenters. The van der Waals surface area contributed by atoms with Crippen LogP contribution in [0.3, 0.4) is 0 Å². The highest BCUT2D eigenvalue weighted by atomic mass is 16.5. The van der Waals surface area contributed by atoms with Crippen molar-refractivity contribution in [2.24, 2.45) is 0 Å². The topological polar surface area (TPSA) is 88.6 Å². The molecule has 1 aromatic heterocycles. The molecule has 1 aromatic carbocycles. The second kappa shape index (κ2) is 8.37. The lowest BCUT2D eigenvalue weighted by Gasteiger charge is -2.19. The summed E-state index contributed by atoms with van der Waals surface area (Å²) in [6, 6.07) is 7.47. The number of carbonyl (C=O) groups excluding carboxylic acids is 1. The summed E-state index contributed by atoms with van der Waals surface area (Å²) >= 11 is 0. The van der Waals surface area contributed by atoms with Gasteiger partial charge in [-0.15, -0.1) is 0 Å². The molecule has 8 nitrogen and oxygen atoms in total. The average Bonchev–Trinajstić information content (AvgIpc) is 3.15. The quantitative estimate of drug-likeness (QED) is 0.816. The van der Waals surface area contributed by atoms with Crippen LogP contribution in [0.15, 0.2) is 36.7 Å². The molecule has 1 saturated heterocycles. The molecule has 2 aromatic rings. The molecule has 26 heavy (non-hydrogen) atoms. The van der Waals surface area contributed by atoms with E-state index in [2.05, 4.69) is 25.5 Å². The Morgan fingerprint density at radius 2 is 1.96 bits per heavy atom. The Kier molecular flexibility index (Phi) is 5.73. The molecule has 1 fully saturated rings. The number of aromatic nitrogens is 2. The standard InChI is InChI=1S/C18H23N5O3/c1-25-15-5-3-13(4-6-15)11-21-18(24)22-14-7-10-23(12-14)16-17(26-2)20-9-8-19-16/h3-6,8-9,14H,7,10-12H2,1-2H3,(H2,21,22,24)/t14-/m1/s1. The molecule has 2 N–H and O–H groups in total. The first-order chi connectivity index (χ1) is 12.7. The number of amides is 2. The molecular weight excluding hydrogens is 334 g/mol. The van der Waals surface area contributed by atoms with Crippen LogP contribution in [-0.2, 0) is 6.54 Å². The number of urea groups is 1. The highest BCUT2D eigenvalue weighted by Gasteiger charge is 2.27. The highest BCUT2D eigenvalue weighted by Crippen LogP contribution is 2.25. The smallest absolute Gasteiger partial charge is 0.315 e. The van der Waals surface area contributed by atoms with Gasteiger partial charge in [0.2, 0.25) is 0 Å². The zero-order valence-corrected chi connectivity index (χ0v) is 14.9. The van der Waals surface area contributed by atoms with Gasteiger partial charge in [0.1, 0.15) is 5.75 Å². The predicted octanol–water partition coefficient (Wildman–Crippen LogP) is 1.57. The van der Waals surface area contributed by atoms with E-state index in [1.54, 1.807) is 26.6 Å². The Labute approximate surface area is 152 Å². The summed E-state index contributed by atoms with van der Waals surface area (Å²) in [4.78, 5) is 22.7. The molecule has 1 aliphatic heterocycles. The lowest BCUT2D eigenvalue weighted by molar-refractivity contribution is 0.237. The van der Waals surface area contributed by atoms with E-state index in [1.807, 2.05) is 24.3 Å². The van der Waals surface area contributed by atoms with Crippen LogP contribution in [0.4, 0.5) is 10.6 Å². The van der Waals surface area contributed by atoms with Gasteiger partial charge < -0.3 is 25.0 Å². The number of hydrogen-bond donors (Lipinski definition) is 2. The lowest BCUT2D eigenvalue weighted by atomic mass is 10.2. The van der Waals surface area contributed by atoms with Crippen molar-refractivity contribution in [3.05, 3.63) is 42.2 Å². The molecule has 0 saturated carbocycles. The molecule has 138 valence electrons. The highest BCUT2D eigenvalue weighted by molar-refractivity contribution is 5.74.